The van der Waals surface area contributed by atoms with Gasteiger partial charge in [0.2, 0.25) is 5.16 Å². The fourth-order valence-corrected chi connectivity index (χ4v) is 5.50. The van der Waals surface area contributed by atoms with Crippen molar-refractivity contribution in [1.29, 1.82) is 0 Å². The summed E-state index contributed by atoms with van der Waals surface area (Å²) in [4.78, 5) is 11.8. The van der Waals surface area contributed by atoms with Crippen molar-refractivity contribution in [2.45, 2.75) is 50.2 Å². The van der Waals surface area contributed by atoms with Crippen LogP contribution < -0.4 is 10.6 Å². The zero-order chi connectivity index (χ0) is 28.6. The number of carbonyl (C=O) groups excluding carboxylic acids is 1. The lowest BCUT2D eigenvalue weighted by Gasteiger charge is -2.36. The maximum Gasteiger partial charge on any atom is 0.315 e. The van der Waals surface area contributed by atoms with Crippen LogP contribution in [0.1, 0.15) is 48.0 Å². The van der Waals surface area contributed by atoms with Crippen LogP contribution in [0, 0.1) is 0 Å². The minimum Gasteiger partial charge on any atom is -0.392 e. The van der Waals surface area contributed by atoms with E-state index in [1.807, 2.05) is 62.5 Å². The molecule has 0 saturated carbocycles. The van der Waals surface area contributed by atoms with E-state index in [9.17, 15) is 9.90 Å². The van der Waals surface area contributed by atoms with Gasteiger partial charge in [0.25, 0.3) is 0 Å². The van der Waals surface area contributed by atoms with Crippen LogP contribution in [0.5, 0.6) is 0 Å². The highest BCUT2D eigenvalue weighted by Gasteiger charge is 2.32. The number of hydrogen-bond acceptors (Lipinski definition) is 8. The number of aliphatic hydroxyl groups is 1. The number of benzene rings is 3. The molecule has 0 aliphatic carbocycles. The Morgan fingerprint density at radius 3 is 2.49 bits per heavy atom. The van der Waals surface area contributed by atoms with Crippen molar-refractivity contribution in [1.82, 2.24) is 30.8 Å². The van der Waals surface area contributed by atoms with Crippen molar-refractivity contribution in [3.05, 3.63) is 95.1 Å². The van der Waals surface area contributed by atoms with E-state index < -0.39 is 6.29 Å². The summed E-state index contributed by atoms with van der Waals surface area (Å²) in [6, 6.07) is 24.0. The Balaban J connectivity index is 1.31. The predicted octanol–water partition coefficient (Wildman–Crippen LogP) is 4.53. The Labute approximate surface area is 243 Å². The third-order valence-electron chi connectivity index (χ3n) is 6.83. The number of thioether (sulfide) groups is 1. The molecule has 1 fully saturated rings. The topological polar surface area (TPSA) is 123 Å². The first-order valence-corrected chi connectivity index (χ1v) is 14.6. The zero-order valence-corrected chi connectivity index (χ0v) is 23.9. The van der Waals surface area contributed by atoms with Crippen molar-refractivity contribution in [2.75, 3.05) is 12.3 Å². The van der Waals surface area contributed by atoms with Crippen molar-refractivity contribution in [2.24, 2.45) is 7.05 Å². The van der Waals surface area contributed by atoms with Gasteiger partial charge in [-0.1, -0.05) is 78.5 Å². The van der Waals surface area contributed by atoms with Crippen molar-refractivity contribution < 1.29 is 19.4 Å². The molecule has 1 aliphatic heterocycles. The lowest BCUT2D eigenvalue weighted by Crippen LogP contribution is -2.34. The largest absolute Gasteiger partial charge is 0.392 e. The Bertz CT molecular complexity index is 1430. The van der Waals surface area contributed by atoms with Crippen LogP contribution in [0.3, 0.4) is 0 Å². The van der Waals surface area contributed by atoms with Crippen LogP contribution in [0.15, 0.2) is 78.0 Å². The van der Waals surface area contributed by atoms with E-state index in [1.165, 1.54) is 0 Å². The average Bonchev–Trinajstić information content (AvgIpc) is 3.43. The Kier molecular flexibility index (Phi) is 9.63. The number of rotatable bonds is 10. The summed E-state index contributed by atoms with van der Waals surface area (Å²) in [5.74, 6) is 0.675. The lowest BCUT2D eigenvalue weighted by atomic mass is 9.99. The van der Waals surface area contributed by atoms with E-state index in [2.05, 4.69) is 50.4 Å². The van der Waals surface area contributed by atoms with E-state index in [1.54, 1.807) is 16.4 Å². The number of amides is 2. The Morgan fingerprint density at radius 2 is 1.78 bits per heavy atom. The first-order chi connectivity index (χ1) is 20.0. The minimum atomic E-state index is -0.545. The molecule has 2 heterocycles. The number of urea groups is 1. The van der Waals surface area contributed by atoms with Gasteiger partial charge in [0, 0.05) is 37.9 Å². The molecule has 0 spiro atoms. The number of nitrogens with zero attached hydrogens (tertiary/aromatic N) is 4. The van der Waals surface area contributed by atoms with Crippen LogP contribution in [-0.2, 0) is 29.7 Å². The Hall–Kier alpha value is -3.77. The maximum atomic E-state index is 11.8. The molecular weight excluding hydrogens is 540 g/mol. The summed E-state index contributed by atoms with van der Waals surface area (Å²) in [5.41, 5.74) is 5.97. The third kappa shape index (κ3) is 7.50. The number of aliphatic hydroxyl groups excluding tert-OH is 1. The van der Waals surface area contributed by atoms with Crippen LogP contribution in [0.2, 0.25) is 0 Å². The lowest BCUT2D eigenvalue weighted by molar-refractivity contribution is -0.245. The number of carbonyl (C=O) groups is 1. The van der Waals surface area contributed by atoms with Gasteiger partial charge >= 0.3 is 6.03 Å². The van der Waals surface area contributed by atoms with Crippen molar-refractivity contribution >= 4 is 17.8 Å². The number of ether oxygens (including phenoxy) is 2. The summed E-state index contributed by atoms with van der Waals surface area (Å²) in [6.45, 7) is 2.93. The molecule has 3 unspecified atom stereocenters. The van der Waals surface area contributed by atoms with E-state index in [0.29, 0.717) is 25.3 Å². The summed E-state index contributed by atoms with van der Waals surface area (Å²) in [6.07, 6.45) is -0.121. The predicted molar refractivity (Wildman–Crippen MR) is 156 cm³/mol. The standard InChI is InChI=1S/C30H34N6O4S/c1-3-31-29(38)32-17-21-5-4-6-25(15-21)22-11-13-24(14-12-22)28-39-26(19-41-30-33-34-35-36(30)2)16-27(40-28)23-9-7-20(18-37)8-10-23/h4-15,26-28,37H,3,16-19H2,1-2H3,(H2,31,32,38). The molecule has 4 aromatic rings. The van der Waals surface area contributed by atoms with Crippen LogP contribution in [0.4, 0.5) is 4.79 Å². The average molecular weight is 575 g/mol. The molecule has 3 aromatic carbocycles. The van der Waals surface area contributed by atoms with Gasteiger partial charge < -0.3 is 25.2 Å². The van der Waals surface area contributed by atoms with Gasteiger partial charge in [-0.25, -0.2) is 9.48 Å². The minimum absolute atomic E-state index is 0.00248. The Morgan fingerprint density at radius 1 is 1.00 bits per heavy atom. The first kappa shape index (κ1) is 28.7. The SMILES string of the molecule is CCNC(=O)NCc1cccc(-c2ccc(C3OC(CSc4nnnn4C)CC(c4ccc(CO)cc4)O3)cc2)c1. The molecule has 11 heteroatoms. The fraction of sp³-hybridized carbons (Fsp3) is 0.333. The van der Waals surface area contributed by atoms with Gasteiger partial charge in [0.05, 0.1) is 18.8 Å². The van der Waals surface area contributed by atoms with Gasteiger partial charge in [-0.15, -0.1) is 5.10 Å². The smallest absolute Gasteiger partial charge is 0.315 e. The number of aryl methyl sites for hydroxylation is 1. The van der Waals surface area contributed by atoms with Crippen molar-refractivity contribution in [3.8, 4) is 11.1 Å². The molecule has 0 radical (unpaired) electrons. The number of nitrogens with one attached hydrogen (secondary N) is 2. The van der Waals surface area contributed by atoms with Gasteiger partial charge in [-0.05, 0) is 51.2 Å². The summed E-state index contributed by atoms with van der Waals surface area (Å²) >= 11 is 1.55. The van der Waals surface area contributed by atoms with E-state index in [-0.39, 0.29) is 24.8 Å². The van der Waals surface area contributed by atoms with Crippen LogP contribution >= 0.6 is 11.8 Å². The molecule has 0 bridgehead atoms. The number of tetrazole rings is 1. The highest BCUT2D eigenvalue weighted by atomic mass is 32.2. The monoisotopic (exact) mass is 574 g/mol. The number of aromatic nitrogens is 4. The maximum absolute atomic E-state index is 11.8. The molecule has 3 atom stereocenters. The summed E-state index contributed by atoms with van der Waals surface area (Å²) in [7, 11) is 1.82. The molecule has 1 saturated heterocycles. The fourth-order valence-electron chi connectivity index (χ4n) is 4.63. The molecule has 1 aliphatic rings. The zero-order valence-electron chi connectivity index (χ0n) is 23.1. The van der Waals surface area contributed by atoms with Crippen LogP contribution in [0.25, 0.3) is 11.1 Å². The number of hydrogen-bond donors (Lipinski definition) is 3. The molecule has 2 amide bonds. The second-order valence-electron chi connectivity index (χ2n) is 9.78. The van der Waals surface area contributed by atoms with E-state index >= 15 is 0 Å². The summed E-state index contributed by atoms with van der Waals surface area (Å²) in [5, 5.41) is 27.5. The highest BCUT2D eigenvalue weighted by molar-refractivity contribution is 7.99. The molecule has 1 aromatic heterocycles. The van der Waals surface area contributed by atoms with E-state index in [0.717, 1.165) is 38.5 Å². The quantitative estimate of drug-likeness (QED) is 0.236. The third-order valence-corrected chi connectivity index (χ3v) is 7.97. The molecule has 214 valence electrons. The molecule has 41 heavy (non-hydrogen) atoms. The second-order valence-corrected chi connectivity index (χ2v) is 10.8. The second kappa shape index (κ2) is 13.7. The first-order valence-electron chi connectivity index (χ1n) is 13.6. The van der Waals surface area contributed by atoms with Gasteiger partial charge in [0.15, 0.2) is 6.29 Å². The molecule has 10 nitrogen and oxygen atoms in total. The van der Waals surface area contributed by atoms with Crippen LogP contribution in [-0.4, -0.2) is 49.7 Å². The van der Waals surface area contributed by atoms with Gasteiger partial charge in [-0.2, -0.15) is 0 Å². The molecule has 5 rings (SSSR count). The summed E-state index contributed by atoms with van der Waals surface area (Å²) < 4.78 is 14.6. The van der Waals surface area contributed by atoms with Gasteiger partial charge in [0.1, 0.15) is 0 Å². The highest BCUT2D eigenvalue weighted by Crippen LogP contribution is 2.39. The molecular formula is C30H34N6O4S. The normalized spacial score (nSPS) is 18.7. The van der Waals surface area contributed by atoms with Crippen molar-refractivity contribution in [3.63, 3.8) is 0 Å². The van der Waals surface area contributed by atoms with Gasteiger partial charge in [-0.3, -0.25) is 0 Å². The molecule has 3 N–H and O–H groups in total. The van der Waals surface area contributed by atoms with E-state index in [4.69, 9.17) is 9.47 Å².